The first-order valence-corrected chi connectivity index (χ1v) is 8.08. The zero-order valence-electron chi connectivity index (χ0n) is 11.4. The van der Waals surface area contributed by atoms with Gasteiger partial charge in [-0.05, 0) is 18.6 Å². The molecule has 21 heavy (non-hydrogen) atoms. The minimum Gasteiger partial charge on any atom is -0.352 e. The summed E-state index contributed by atoms with van der Waals surface area (Å²) in [4.78, 5) is 11.2. The third-order valence-corrected chi connectivity index (χ3v) is 4.59. The van der Waals surface area contributed by atoms with Crippen LogP contribution in [-0.2, 0) is 14.8 Å². The maximum Gasteiger partial charge on any atom is 0.241 e. The number of hydrogen-bond acceptors (Lipinski definition) is 4. The zero-order chi connectivity index (χ0) is 15.3. The Bertz CT molecular complexity index is 689. The molecule has 1 fully saturated rings. The molecule has 0 radical (unpaired) electrons. The van der Waals surface area contributed by atoms with Crippen LogP contribution in [0.4, 0.5) is 0 Å². The summed E-state index contributed by atoms with van der Waals surface area (Å²) >= 11 is 0. The van der Waals surface area contributed by atoms with E-state index in [2.05, 4.69) is 21.9 Å². The van der Waals surface area contributed by atoms with Gasteiger partial charge in [0.1, 0.15) is 0 Å². The number of nitrogens with one attached hydrogen (secondary N) is 2. The second-order valence-corrected chi connectivity index (χ2v) is 6.39. The fourth-order valence-electron chi connectivity index (χ4n) is 2.07. The van der Waals surface area contributed by atoms with E-state index in [4.69, 9.17) is 5.73 Å². The maximum absolute atomic E-state index is 12.3. The molecular weight excluding hydrogens is 290 g/mol. The van der Waals surface area contributed by atoms with Gasteiger partial charge >= 0.3 is 0 Å². The van der Waals surface area contributed by atoms with Crippen molar-refractivity contribution < 1.29 is 13.2 Å². The highest BCUT2D eigenvalue weighted by Gasteiger charge is 2.24. The number of carbonyl (C=O) groups is 1. The van der Waals surface area contributed by atoms with Gasteiger partial charge in [0.05, 0.1) is 11.4 Å². The van der Waals surface area contributed by atoms with E-state index < -0.39 is 10.0 Å². The largest absolute Gasteiger partial charge is 0.352 e. The van der Waals surface area contributed by atoms with Crippen molar-refractivity contribution in [3.8, 4) is 11.8 Å². The Balaban J connectivity index is 2.14. The molecule has 1 unspecified atom stereocenters. The van der Waals surface area contributed by atoms with Crippen molar-refractivity contribution >= 4 is 15.9 Å². The Morgan fingerprint density at radius 2 is 2.14 bits per heavy atom. The van der Waals surface area contributed by atoms with Gasteiger partial charge in [0.2, 0.25) is 15.9 Å². The number of sulfonamides is 1. The number of nitrogens with two attached hydrogens (primary N) is 1. The lowest BCUT2D eigenvalue weighted by Crippen LogP contribution is -2.38. The van der Waals surface area contributed by atoms with Crippen LogP contribution in [0.3, 0.4) is 0 Å². The number of amides is 1. The number of rotatable bonds is 4. The van der Waals surface area contributed by atoms with Gasteiger partial charge in [-0.3, -0.25) is 4.79 Å². The highest BCUT2D eigenvalue weighted by molar-refractivity contribution is 7.89. The van der Waals surface area contributed by atoms with E-state index in [0.29, 0.717) is 18.4 Å². The zero-order valence-corrected chi connectivity index (χ0v) is 12.2. The summed E-state index contributed by atoms with van der Waals surface area (Å²) in [7, 11) is -3.67. The fourth-order valence-corrected chi connectivity index (χ4v) is 3.31. The molecule has 112 valence electrons. The van der Waals surface area contributed by atoms with E-state index in [9.17, 15) is 13.2 Å². The smallest absolute Gasteiger partial charge is 0.241 e. The Morgan fingerprint density at radius 1 is 1.38 bits per heavy atom. The van der Waals surface area contributed by atoms with E-state index in [1.807, 2.05) is 0 Å². The van der Waals surface area contributed by atoms with Crippen LogP contribution in [0.25, 0.3) is 0 Å². The average Bonchev–Trinajstić information content (AvgIpc) is 2.89. The van der Waals surface area contributed by atoms with Gasteiger partial charge in [-0.15, -0.1) is 0 Å². The lowest BCUT2D eigenvalue weighted by atomic mass is 10.2. The van der Waals surface area contributed by atoms with Crippen LogP contribution < -0.4 is 15.8 Å². The average molecular weight is 307 g/mol. The van der Waals surface area contributed by atoms with Crippen molar-refractivity contribution in [3.05, 3.63) is 29.8 Å². The predicted molar refractivity (Wildman–Crippen MR) is 78.7 cm³/mol. The van der Waals surface area contributed by atoms with Crippen molar-refractivity contribution in [2.45, 2.75) is 23.8 Å². The molecular formula is C14H17N3O3S. The second-order valence-electron chi connectivity index (χ2n) is 4.66. The van der Waals surface area contributed by atoms with Crippen LogP contribution in [-0.4, -0.2) is 33.5 Å². The third-order valence-electron chi connectivity index (χ3n) is 3.11. The predicted octanol–water partition coefficient (Wildman–Crippen LogP) is -0.446. The molecule has 2 rings (SSSR count). The highest BCUT2D eigenvalue weighted by Crippen LogP contribution is 2.15. The molecule has 1 atom stereocenters. The molecule has 7 heteroatoms. The van der Waals surface area contributed by atoms with E-state index >= 15 is 0 Å². The van der Waals surface area contributed by atoms with Gasteiger partial charge in [-0.2, -0.15) is 0 Å². The SMILES string of the molecule is NCC#Cc1ccccc1S(=O)(=O)NCC1CCC(=O)N1. The summed E-state index contributed by atoms with van der Waals surface area (Å²) in [6, 6.07) is 6.33. The van der Waals surface area contributed by atoms with Crippen LogP contribution in [0.2, 0.25) is 0 Å². The molecule has 1 saturated heterocycles. The molecule has 0 spiro atoms. The van der Waals surface area contributed by atoms with E-state index in [0.717, 1.165) is 0 Å². The van der Waals surface area contributed by atoms with Crippen LogP contribution >= 0.6 is 0 Å². The van der Waals surface area contributed by atoms with Gasteiger partial charge in [0.25, 0.3) is 0 Å². The summed E-state index contributed by atoms with van der Waals surface area (Å²) in [5.74, 6) is 5.35. The first-order chi connectivity index (χ1) is 10.0. The van der Waals surface area contributed by atoms with Gasteiger partial charge < -0.3 is 11.1 Å². The van der Waals surface area contributed by atoms with Crippen molar-refractivity contribution in [1.29, 1.82) is 0 Å². The molecule has 1 amide bonds. The summed E-state index contributed by atoms with van der Waals surface area (Å²) in [6.07, 6.45) is 1.07. The first-order valence-electron chi connectivity index (χ1n) is 6.60. The molecule has 0 saturated carbocycles. The standard InChI is InChI=1S/C14H17N3O3S/c15-9-3-5-11-4-1-2-6-13(11)21(19,20)16-10-12-7-8-14(18)17-12/h1-2,4,6,12,16H,7-10,15H2,(H,17,18). The summed E-state index contributed by atoms with van der Waals surface area (Å²) in [5, 5.41) is 2.72. The summed E-state index contributed by atoms with van der Waals surface area (Å²) in [5.41, 5.74) is 5.72. The lowest BCUT2D eigenvalue weighted by Gasteiger charge is -2.12. The van der Waals surface area contributed by atoms with E-state index in [1.165, 1.54) is 6.07 Å². The molecule has 0 bridgehead atoms. The van der Waals surface area contributed by atoms with Crippen molar-refractivity contribution in [2.24, 2.45) is 5.73 Å². The number of benzene rings is 1. The van der Waals surface area contributed by atoms with Crippen molar-refractivity contribution in [3.63, 3.8) is 0 Å². The maximum atomic E-state index is 12.3. The quantitative estimate of drug-likeness (QED) is 0.656. The fraction of sp³-hybridized carbons (Fsp3) is 0.357. The Labute approximate surface area is 124 Å². The van der Waals surface area contributed by atoms with Gasteiger partial charge in [-0.1, -0.05) is 24.0 Å². The minimum atomic E-state index is -3.67. The van der Waals surface area contributed by atoms with Crippen LogP contribution in [0, 0.1) is 11.8 Å². The second kappa shape index (κ2) is 6.72. The van der Waals surface area contributed by atoms with E-state index in [1.54, 1.807) is 18.2 Å². The van der Waals surface area contributed by atoms with Gasteiger partial charge in [-0.25, -0.2) is 13.1 Å². The Hall–Kier alpha value is -1.88. The molecule has 1 heterocycles. The minimum absolute atomic E-state index is 0.0478. The van der Waals surface area contributed by atoms with Crippen LogP contribution in [0.5, 0.6) is 0 Å². The lowest BCUT2D eigenvalue weighted by molar-refractivity contribution is -0.119. The number of hydrogen-bond donors (Lipinski definition) is 3. The molecule has 1 aliphatic heterocycles. The van der Waals surface area contributed by atoms with Crippen LogP contribution in [0.15, 0.2) is 29.2 Å². The van der Waals surface area contributed by atoms with E-state index in [-0.39, 0.29) is 29.9 Å². The molecule has 0 aliphatic carbocycles. The van der Waals surface area contributed by atoms with Crippen molar-refractivity contribution in [1.82, 2.24) is 10.0 Å². The Morgan fingerprint density at radius 3 is 2.81 bits per heavy atom. The molecule has 4 N–H and O–H groups in total. The molecule has 0 aromatic heterocycles. The topological polar surface area (TPSA) is 101 Å². The van der Waals surface area contributed by atoms with Gasteiger partial charge in [0, 0.05) is 24.6 Å². The molecule has 1 aromatic rings. The first kappa shape index (κ1) is 15.5. The van der Waals surface area contributed by atoms with Crippen molar-refractivity contribution in [2.75, 3.05) is 13.1 Å². The summed E-state index contributed by atoms with van der Waals surface area (Å²) in [6.45, 7) is 0.336. The monoisotopic (exact) mass is 307 g/mol. The number of carbonyl (C=O) groups excluding carboxylic acids is 1. The van der Waals surface area contributed by atoms with Gasteiger partial charge in [0.15, 0.2) is 0 Å². The molecule has 1 aromatic carbocycles. The normalized spacial score (nSPS) is 18.0. The highest BCUT2D eigenvalue weighted by atomic mass is 32.2. The molecule has 6 nitrogen and oxygen atoms in total. The van der Waals surface area contributed by atoms with Crippen LogP contribution in [0.1, 0.15) is 18.4 Å². The third kappa shape index (κ3) is 4.04. The summed E-state index contributed by atoms with van der Waals surface area (Å²) < 4.78 is 27.2. The molecule has 1 aliphatic rings. The Kier molecular flexibility index (Phi) is 4.96.